The van der Waals surface area contributed by atoms with Gasteiger partial charge in [0.1, 0.15) is 17.2 Å². The Morgan fingerprint density at radius 2 is 2.14 bits per heavy atom. The van der Waals surface area contributed by atoms with Crippen LogP contribution in [0, 0.1) is 0 Å². The Morgan fingerprint density at radius 3 is 2.97 bits per heavy atom. The van der Waals surface area contributed by atoms with E-state index in [0.29, 0.717) is 16.9 Å². The van der Waals surface area contributed by atoms with E-state index >= 15 is 0 Å². The third-order valence-corrected chi connectivity index (χ3v) is 5.21. The van der Waals surface area contributed by atoms with Crippen molar-refractivity contribution in [1.82, 2.24) is 25.2 Å². The number of primary amides is 1. The Balaban J connectivity index is 1.35. The second kappa shape index (κ2) is 9.02. The fourth-order valence-corrected chi connectivity index (χ4v) is 3.65. The topological polar surface area (TPSA) is 112 Å². The van der Waals surface area contributed by atoms with Crippen molar-refractivity contribution in [2.24, 2.45) is 5.73 Å². The van der Waals surface area contributed by atoms with E-state index in [2.05, 4.69) is 30.5 Å². The third kappa shape index (κ3) is 4.72. The average molecular weight is 393 g/mol. The minimum Gasteiger partial charge on any atom is -0.370 e. The first-order chi connectivity index (χ1) is 14.2. The molecule has 5 N–H and O–H groups in total. The first kappa shape index (κ1) is 19.4. The number of nitrogens with two attached hydrogens (primary N) is 1. The number of fused-ring (bicyclic) bond motifs is 1. The summed E-state index contributed by atoms with van der Waals surface area (Å²) in [5.41, 5.74) is 8.08. The van der Waals surface area contributed by atoms with E-state index in [1.807, 2.05) is 18.2 Å². The Morgan fingerprint density at radius 1 is 1.21 bits per heavy atom. The molecule has 2 aromatic heterocycles. The summed E-state index contributed by atoms with van der Waals surface area (Å²) >= 11 is 0. The van der Waals surface area contributed by atoms with Gasteiger partial charge in [0.25, 0.3) is 5.91 Å². The number of hydrogen-bond donors (Lipinski definition) is 4. The Kier molecular flexibility index (Phi) is 6.02. The zero-order valence-electron chi connectivity index (χ0n) is 16.4. The van der Waals surface area contributed by atoms with Gasteiger partial charge in [-0.2, -0.15) is 0 Å². The van der Waals surface area contributed by atoms with Gasteiger partial charge in [0.05, 0.1) is 11.1 Å². The highest BCUT2D eigenvalue weighted by atomic mass is 16.1. The molecular formula is C21H27N7O. The predicted octanol–water partition coefficient (Wildman–Crippen LogP) is 1.82. The van der Waals surface area contributed by atoms with Crippen molar-refractivity contribution in [3.63, 3.8) is 0 Å². The summed E-state index contributed by atoms with van der Waals surface area (Å²) in [4.78, 5) is 26.4. The van der Waals surface area contributed by atoms with Crippen molar-refractivity contribution >= 4 is 22.8 Å². The number of para-hydroxylation sites is 1. The lowest BCUT2D eigenvalue weighted by molar-refractivity contribution is 0.100. The highest BCUT2D eigenvalue weighted by Gasteiger charge is 2.12. The summed E-state index contributed by atoms with van der Waals surface area (Å²) in [6, 6.07) is 9.27. The number of anilines is 1. The first-order valence-electron chi connectivity index (χ1n) is 10.1. The van der Waals surface area contributed by atoms with E-state index in [-0.39, 0.29) is 0 Å². The fourth-order valence-electron chi connectivity index (χ4n) is 3.65. The van der Waals surface area contributed by atoms with Crippen LogP contribution in [0.2, 0.25) is 0 Å². The minimum absolute atomic E-state index is 0.413. The van der Waals surface area contributed by atoms with Crippen LogP contribution in [-0.4, -0.2) is 65.0 Å². The van der Waals surface area contributed by atoms with Crippen molar-refractivity contribution in [3.05, 3.63) is 42.1 Å². The van der Waals surface area contributed by atoms with E-state index in [1.54, 1.807) is 18.3 Å². The Hall–Kier alpha value is -2.97. The standard InChI is InChI=1S/C21H27N7O/c22-20(29)16-4-1-5-17-19(16)27-21(26-17)15-6-7-18(25-14-15)24-9-3-12-28-11-2-8-23-10-13-28/h1,4-7,14,23H,2-3,8-13H2,(H2,22,29)(H,24,25)(H,26,27). The van der Waals surface area contributed by atoms with Gasteiger partial charge in [-0.25, -0.2) is 9.97 Å². The molecule has 0 aliphatic carbocycles. The van der Waals surface area contributed by atoms with Gasteiger partial charge in [-0.15, -0.1) is 0 Å². The number of amides is 1. The van der Waals surface area contributed by atoms with Crippen LogP contribution >= 0.6 is 0 Å². The summed E-state index contributed by atoms with van der Waals surface area (Å²) in [7, 11) is 0. The van der Waals surface area contributed by atoms with Crippen LogP contribution in [0.1, 0.15) is 23.2 Å². The molecule has 1 saturated heterocycles. The average Bonchev–Trinajstić information content (AvgIpc) is 3.00. The SMILES string of the molecule is NC(=O)c1cccc2[nH]c(-c3ccc(NCCCN4CCCNCC4)nc3)nc12. The largest absolute Gasteiger partial charge is 0.370 e. The van der Waals surface area contributed by atoms with Gasteiger partial charge in [-0.3, -0.25) is 4.79 Å². The number of H-pyrrole nitrogens is 1. The predicted molar refractivity (Wildman–Crippen MR) is 115 cm³/mol. The Labute approximate surface area is 169 Å². The van der Waals surface area contributed by atoms with Crippen LogP contribution in [-0.2, 0) is 0 Å². The summed E-state index contributed by atoms with van der Waals surface area (Å²) in [6.07, 6.45) is 4.09. The number of imidazole rings is 1. The number of carbonyl (C=O) groups excluding carboxylic acids is 1. The number of rotatable bonds is 7. The second-order valence-corrected chi connectivity index (χ2v) is 7.31. The van der Waals surface area contributed by atoms with Crippen LogP contribution < -0.4 is 16.4 Å². The van der Waals surface area contributed by atoms with Crippen molar-refractivity contribution in [3.8, 4) is 11.4 Å². The van der Waals surface area contributed by atoms with E-state index in [9.17, 15) is 4.79 Å². The lowest BCUT2D eigenvalue weighted by Crippen LogP contribution is -2.30. The number of nitrogens with one attached hydrogen (secondary N) is 3. The molecule has 0 saturated carbocycles. The zero-order chi connectivity index (χ0) is 20.1. The number of carbonyl (C=O) groups is 1. The molecule has 1 aliphatic heterocycles. The monoisotopic (exact) mass is 393 g/mol. The maximum absolute atomic E-state index is 11.6. The van der Waals surface area contributed by atoms with Crippen LogP contribution in [0.15, 0.2) is 36.5 Å². The van der Waals surface area contributed by atoms with Crippen molar-refractivity contribution in [1.29, 1.82) is 0 Å². The molecule has 0 spiro atoms. The van der Waals surface area contributed by atoms with E-state index in [4.69, 9.17) is 5.73 Å². The highest BCUT2D eigenvalue weighted by Crippen LogP contribution is 2.23. The third-order valence-electron chi connectivity index (χ3n) is 5.21. The molecule has 8 heteroatoms. The zero-order valence-corrected chi connectivity index (χ0v) is 16.4. The molecule has 1 aromatic carbocycles. The molecule has 1 aliphatic rings. The molecule has 0 bridgehead atoms. The smallest absolute Gasteiger partial charge is 0.250 e. The van der Waals surface area contributed by atoms with Gasteiger partial charge in [0.15, 0.2) is 0 Å². The van der Waals surface area contributed by atoms with Gasteiger partial charge < -0.3 is 26.3 Å². The van der Waals surface area contributed by atoms with E-state index in [0.717, 1.165) is 56.0 Å². The summed E-state index contributed by atoms with van der Waals surface area (Å²) in [5, 5.41) is 6.82. The van der Waals surface area contributed by atoms with Crippen molar-refractivity contribution < 1.29 is 4.79 Å². The first-order valence-corrected chi connectivity index (χ1v) is 10.1. The number of pyridine rings is 1. The van der Waals surface area contributed by atoms with Gasteiger partial charge in [0, 0.05) is 31.4 Å². The number of hydrogen-bond acceptors (Lipinski definition) is 6. The normalized spacial score (nSPS) is 15.3. The fraction of sp³-hybridized carbons (Fsp3) is 0.381. The molecular weight excluding hydrogens is 366 g/mol. The van der Waals surface area contributed by atoms with E-state index in [1.165, 1.54) is 13.0 Å². The van der Waals surface area contributed by atoms with Crippen LogP contribution in [0.4, 0.5) is 5.82 Å². The summed E-state index contributed by atoms with van der Waals surface area (Å²) < 4.78 is 0. The molecule has 3 heterocycles. The summed E-state index contributed by atoms with van der Waals surface area (Å²) in [6.45, 7) is 6.51. The molecule has 8 nitrogen and oxygen atoms in total. The number of benzene rings is 1. The lowest BCUT2D eigenvalue weighted by atomic mass is 10.2. The second-order valence-electron chi connectivity index (χ2n) is 7.31. The highest BCUT2D eigenvalue weighted by molar-refractivity contribution is 6.04. The van der Waals surface area contributed by atoms with Gasteiger partial charge in [0.2, 0.25) is 0 Å². The quantitative estimate of drug-likeness (QED) is 0.456. The lowest BCUT2D eigenvalue weighted by Gasteiger charge is -2.19. The molecule has 1 fully saturated rings. The van der Waals surface area contributed by atoms with Gasteiger partial charge in [-0.05, 0) is 56.7 Å². The van der Waals surface area contributed by atoms with Crippen molar-refractivity contribution in [2.75, 3.05) is 44.6 Å². The van der Waals surface area contributed by atoms with Gasteiger partial charge in [-0.1, -0.05) is 6.07 Å². The molecule has 0 atom stereocenters. The Bertz CT molecular complexity index is 959. The van der Waals surface area contributed by atoms with Crippen molar-refractivity contribution in [2.45, 2.75) is 12.8 Å². The molecule has 0 unspecified atom stereocenters. The molecule has 1 amide bonds. The van der Waals surface area contributed by atoms with Crippen LogP contribution in [0.3, 0.4) is 0 Å². The number of aromatic nitrogens is 3. The molecule has 29 heavy (non-hydrogen) atoms. The molecule has 152 valence electrons. The molecule has 4 rings (SSSR count). The van der Waals surface area contributed by atoms with Gasteiger partial charge >= 0.3 is 0 Å². The maximum Gasteiger partial charge on any atom is 0.250 e. The summed E-state index contributed by atoms with van der Waals surface area (Å²) in [5.74, 6) is 1.03. The van der Waals surface area contributed by atoms with Crippen LogP contribution in [0.25, 0.3) is 22.4 Å². The molecule has 3 aromatic rings. The number of aromatic amines is 1. The maximum atomic E-state index is 11.6. The minimum atomic E-state index is -0.484. The van der Waals surface area contributed by atoms with E-state index < -0.39 is 5.91 Å². The van der Waals surface area contributed by atoms with Crippen LogP contribution in [0.5, 0.6) is 0 Å². The molecule has 0 radical (unpaired) electrons. The number of nitrogens with zero attached hydrogens (tertiary/aromatic N) is 3.